The van der Waals surface area contributed by atoms with Gasteiger partial charge in [-0.25, -0.2) is 4.98 Å². The number of fused-ring (bicyclic) bond motifs is 1. The van der Waals surface area contributed by atoms with Crippen LogP contribution in [0.1, 0.15) is 10.6 Å². The van der Waals surface area contributed by atoms with Gasteiger partial charge in [-0.05, 0) is 24.6 Å². The number of aromatic nitrogens is 1. The molecule has 0 unspecified atom stereocenters. The van der Waals surface area contributed by atoms with Crippen molar-refractivity contribution in [3.05, 3.63) is 35.3 Å². The van der Waals surface area contributed by atoms with E-state index in [9.17, 15) is 0 Å². The standard InChI is InChI=1S/C10H9NS/c1-3-8-4-5-9-10(6-8)12-7(2)11-9/h3-6H,1H2,2H3. The van der Waals surface area contributed by atoms with Crippen molar-refractivity contribution in [2.24, 2.45) is 0 Å². The van der Waals surface area contributed by atoms with E-state index in [-0.39, 0.29) is 0 Å². The molecule has 0 aliphatic rings. The second-order valence-corrected chi connectivity index (χ2v) is 3.90. The Morgan fingerprint density at radius 3 is 3.08 bits per heavy atom. The molecule has 0 radical (unpaired) electrons. The van der Waals surface area contributed by atoms with Gasteiger partial charge in [0.15, 0.2) is 0 Å². The molecule has 12 heavy (non-hydrogen) atoms. The summed E-state index contributed by atoms with van der Waals surface area (Å²) < 4.78 is 1.24. The molecule has 2 heteroatoms. The molecule has 60 valence electrons. The van der Waals surface area contributed by atoms with Gasteiger partial charge in [0.05, 0.1) is 15.2 Å². The zero-order chi connectivity index (χ0) is 8.55. The molecule has 2 aromatic rings. The first kappa shape index (κ1) is 7.50. The Balaban J connectivity index is 2.74. The molecule has 0 amide bonds. The molecule has 0 saturated heterocycles. The third-order valence-electron chi connectivity index (χ3n) is 1.76. The predicted molar refractivity (Wildman–Crippen MR) is 54.4 cm³/mol. The van der Waals surface area contributed by atoms with Crippen molar-refractivity contribution in [1.29, 1.82) is 0 Å². The second-order valence-electron chi connectivity index (χ2n) is 2.66. The van der Waals surface area contributed by atoms with Crippen LogP contribution in [0.4, 0.5) is 0 Å². The third kappa shape index (κ3) is 1.14. The van der Waals surface area contributed by atoms with E-state index in [1.807, 2.05) is 25.1 Å². The minimum atomic E-state index is 1.09. The van der Waals surface area contributed by atoms with E-state index >= 15 is 0 Å². The molecule has 0 fully saturated rings. The number of benzene rings is 1. The zero-order valence-corrected chi connectivity index (χ0v) is 7.69. The molecule has 1 heterocycles. The van der Waals surface area contributed by atoms with E-state index in [2.05, 4.69) is 17.6 Å². The number of thiazole rings is 1. The maximum absolute atomic E-state index is 4.37. The lowest BCUT2D eigenvalue weighted by Gasteiger charge is -1.90. The Morgan fingerprint density at radius 1 is 1.50 bits per heavy atom. The van der Waals surface area contributed by atoms with Gasteiger partial charge in [-0.1, -0.05) is 18.7 Å². The molecule has 0 aliphatic heterocycles. The fraction of sp³-hybridized carbons (Fsp3) is 0.100. The summed E-state index contributed by atoms with van der Waals surface area (Å²) in [7, 11) is 0. The van der Waals surface area contributed by atoms with Gasteiger partial charge in [-0.15, -0.1) is 11.3 Å². The minimum absolute atomic E-state index is 1.09. The Hall–Kier alpha value is -1.15. The third-order valence-corrected chi connectivity index (χ3v) is 2.69. The first-order valence-corrected chi connectivity index (χ1v) is 4.61. The molecule has 0 atom stereocenters. The van der Waals surface area contributed by atoms with Crippen LogP contribution in [-0.2, 0) is 0 Å². The lowest BCUT2D eigenvalue weighted by atomic mass is 10.2. The number of hydrogen-bond donors (Lipinski definition) is 0. The zero-order valence-electron chi connectivity index (χ0n) is 6.87. The van der Waals surface area contributed by atoms with Crippen LogP contribution in [0.3, 0.4) is 0 Å². The predicted octanol–water partition coefficient (Wildman–Crippen LogP) is 3.25. The van der Waals surface area contributed by atoms with E-state index in [0.29, 0.717) is 0 Å². The smallest absolute Gasteiger partial charge is 0.0907 e. The Kier molecular flexibility index (Phi) is 1.70. The van der Waals surface area contributed by atoms with Crippen LogP contribution in [0.25, 0.3) is 16.3 Å². The largest absolute Gasteiger partial charge is 0.242 e. The van der Waals surface area contributed by atoms with E-state index in [0.717, 1.165) is 16.1 Å². The van der Waals surface area contributed by atoms with Crippen LogP contribution in [0, 0.1) is 6.92 Å². The van der Waals surface area contributed by atoms with Crippen molar-refractivity contribution in [3.63, 3.8) is 0 Å². The summed E-state index contributed by atoms with van der Waals surface area (Å²) in [6.45, 7) is 5.75. The van der Waals surface area contributed by atoms with Gasteiger partial charge in [0.1, 0.15) is 0 Å². The van der Waals surface area contributed by atoms with Crippen molar-refractivity contribution >= 4 is 27.6 Å². The summed E-state index contributed by atoms with van der Waals surface area (Å²) in [5, 5.41) is 1.12. The van der Waals surface area contributed by atoms with Gasteiger partial charge in [0, 0.05) is 0 Å². The van der Waals surface area contributed by atoms with Gasteiger partial charge in [0.25, 0.3) is 0 Å². The molecule has 0 bridgehead atoms. The van der Waals surface area contributed by atoms with Gasteiger partial charge in [-0.3, -0.25) is 0 Å². The second kappa shape index (κ2) is 2.72. The van der Waals surface area contributed by atoms with Crippen molar-refractivity contribution in [1.82, 2.24) is 4.98 Å². The van der Waals surface area contributed by atoms with E-state index in [1.165, 1.54) is 4.70 Å². The van der Waals surface area contributed by atoms with Crippen LogP contribution in [-0.4, -0.2) is 4.98 Å². The van der Waals surface area contributed by atoms with Crippen molar-refractivity contribution < 1.29 is 0 Å². The van der Waals surface area contributed by atoms with E-state index < -0.39 is 0 Å². The first-order chi connectivity index (χ1) is 5.79. The molecular formula is C10H9NS. The van der Waals surface area contributed by atoms with Crippen LogP contribution in [0.15, 0.2) is 24.8 Å². The summed E-state index contributed by atoms with van der Waals surface area (Å²) in [6, 6.07) is 6.19. The quantitative estimate of drug-likeness (QED) is 0.648. The SMILES string of the molecule is C=Cc1ccc2nc(C)sc2c1. The summed E-state index contributed by atoms with van der Waals surface area (Å²) in [5.74, 6) is 0. The molecule has 0 aliphatic carbocycles. The molecular weight excluding hydrogens is 166 g/mol. The average molecular weight is 175 g/mol. The summed E-state index contributed by atoms with van der Waals surface area (Å²) >= 11 is 1.72. The van der Waals surface area contributed by atoms with Crippen molar-refractivity contribution in [3.8, 4) is 0 Å². The highest BCUT2D eigenvalue weighted by atomic mass is 32.1. The fourth-order valence-electron chi connectivity index (χ4n) is 1.18. The minimum Gasteiger partial charge on any atom is -0.242 e. The van der Waals surface area contributed by atoms with Crippen LogP contribution >= 0.6 is 11.3 Å². The highest BCUT2D eigenvalue weighted by molar-refractivity contribution is 7.18. The van der Waals surface area contributed by atoms with Crippen molar-refractivity contribution in [2.45, 2.75) is 6.92 Å². The summed E-state index contributed by atoms with van der Waals surface area (Å²) in [6.07, 6.45) is 1.86. The monoisotopic (exact) mass is 175 g/mol. The fourth-order valence-corrected chi connectivity index (χ4v) is 2.06. The van der Waals surface area contributed by atoms with Gasteiger partial charge in [0.2, 0.25) is 0 Å². The molecule has 2 rings (SSSR count). The topological polar surface area (TPSA) is 12.9 Å². The Morgan fingerprint density at radius 2 is 2.33 bits per heavy atom. The molecule has 0 N–H and O–H groups in total. The molecule has 0 spiro atoms. The molecule has 1 aromatic carbocycles. The average Bonchev–Trinajstić information content (AvgIpc) is 2.43. The Bertz CT molecular complexity index is 428. The maximum Gasteiger partial charge on any atom is 0.0907 e. The molecule has 1 nitrogen and oxygen atoms in total. The lowest BCUT2D eigenvalue weighted by Crippen LogP contribution is -1.70. The van der Waals surface area contributed by atoms with E-state index in [1.54, 1.807) is 11.3 Å². The first-order valence-electron chi connectivity index (χ1n) is 3.79. The molecule has 0 saturated carbocycles. The van der Waals surface area contributed by atoms with Gasteiger partial charge >= 0.3 is 0 Å². The van der Waals surface area contributed by atoms with Crippen LogP contribution < -0.4 is 0 Å². The number of nitrogens with zero attached hydrogens (tertiary/aromatic N) is 1. The summed E-state index contributed by atoms with van der Waals surface area (Å²) in [4.78, 5) is 4.37. The Labute approximate surface area is 75.4 Å². The van der Waals surface area contributed by atoms with Crippen LogP contribution in [0.2, 0.25) is 0 Å². The summed E-state index contributed by atoms with van der Waals surface area (Å²) in [5.41, 5.74) is 2.24. The number of aryl methyl sites for hydroxylation is 1. The number of hydrogen-bond acceptors (Lipinski definition) is 2. The number of rotatable bonds is 1. The molecule has 1 aromatic heterocycles. The highest BCUT2D eigenvalue weighted by Crippen LogP contribution is 2.22. The van der Waals surface area contributed by atoms with Crippen LogP contribution in [0.5, 0.6) is 0 Å². The van der Waals surface area contributed by atoms with Gasteiger partial charge in [-0.2, -0.15) is 0 Å². The highest BCUT2D eigenvalue weighted by Gasteiger charge is 1.98. The maximum atomic E-state index is 4.37. The van der Waals surface area contributed by atoms with Crippen molar-refractivity contribution in [2.75, 3.05) is 0 Å². The van der Waals surface area contributed by atoms with E-state index in [4.69, 9.17) is 0 Å². The van der Waals surface area contributed by atoms with Gasteiger partial charge < -0.3 is 0 Å². The lowest BCUT2D eigenvalue weighted by molar-refractivity contribution is 1.35. The normalized spacial score (nSPS) is 10.4.